The predicted octanol–water partition coefficient (Wildman–Crippen LogP) is 0.0204. The Kier molecular flexibility index (Phi) is 1.66. The Morgan fingerprint density at radius 1 is 1.31 bits per heavy atom. The minimum Gasteiger partial charge on any atom is -0.299 e. The molecule has 2 nitrogen and oxygen atoms in total. The largest absolute Gasteiger partial charge is 0.299 e. The van der Waals surface area contributed by atoms with E-state index >= 15 is 0 Å². The fourth-order valence-corrected chi connectivity index (χ4v) is 1.31. The van der Waals surface area contributed by atoms with Crippen molar-refractivity contribution >= 4 is 6.08 Å². The fourth-order valence-electron chi connectivity index (χ4n) is 1.31. The minimum absolute atomic E-state index is 0.533. The molecule has 1 aromatic rings. The highest BCUT2D eigenvalue weighted by molar-refractivity contribution is 5.40. The van der Waals surface area contributed by atoms with Crippen molar-refractivity contribution in [2.75, 3.05) is 0 Å². The molecule has 0 aliphatic carbocycles. The van der Waals surface area contributed by atoms with E-state index in [1.54, 1.807) is 24.3 Å². The van der Waals surface area contributed by atoms with E-state index in [2.05, 4.69) is 4.99 Å². The van der Waals surface area contributed by atoms with Crippen LogP contribution < -0.4 is 16.3 Å². The zero-order valence-corrected chi connectivity index (χ0v) is 6.74. The third kappa shape index (κ3) is 1.23. The molecule has 4 heteroatoms. The molecule has 1 aliphatic rings. The van der Waals surface area contributed by atoms with Crippen molar-refractivity contribution in [1.82, 2.24) is 0 Å². The van der Waals surface area contributed by atoms with Gasteiger partial charge in [-0.2, -0.15) is 0 Å². The van der Waals surface area contributed by atoms with Gasteiger partial charge in [0.05, 0.1) is 5.36 Å². The second-order valence-electron chi connectivity index (χ2n) is 3.00. The number of nitrogens with zero attached hydrogens (tertiary/aromatic N) is 1. The van der Waals surface area contributed by atoms with Crippen LogP contribution in [0.5, 0.6) is 0 Å². The number of benzene rings is 1. The van der Waals surface area contributed by atoms with Gasteiger partial charge in [-0.25, -0.2) is 8.78 Å². The number of halogens is 2. The monoisotopic (exact) mass is 182 g/mol. The molecular formula is C9H8F2N2. The first-order valence-corrected chi connectivity index (χ1v) is 3.87. The van der Waals surface area contributed by atoms with Gasteiger partial charge in [-0.3, -0.25) is 10.7 Å². The smallest absolute Gasteiger partial charge is 0.279 e. The Bertz CT molecular complexity index is 404. The molecule has 0 saturated heterocycles. The highest BCUT2D eigenvalue weighted by Gasteiger charge is 2.34. The molecule has 68 valence electrons. The number of fused-ring (bicyclic) bond motifs is 1. The average Bonchev–Trinajstić information content (AvgIpc) is 2.42. The second-order valence-corrected chi connectivity index (χ2v) is 3.00. The third-order valence-corrected chi connectivity index (χ3v) is 1.99. The second kappa shape index (κ2) is 2.60. The Morgan fingerprint density at radius 3 is 2.62 bits per heavy atom. The van der Waals surface area contributed by atoms with Gasteiger partial charge in [0.25, 0.3) is 6.43 Å². The third-order valence-electron chi connectivity index (χ3n) is 1.99. The zero-order chi connectivity index (χ0) is 9.47. The molecule has 1 unspecified atom stereocenters. The highest BCUT2D eigenvalue weighted by Crippen LogP contribution is 2.16. The van der Waals surface area contributed by atoms with Gasteiger partial charge < -0.3 is 0 Å². The maximum atomic E-state index is 12.4. The molecule has 0 aromatic heterocycles. The van der Waals surface area contributed by atoms with Crippen molar-refractivity contribution in [3.8, 4) is 0 Å². The summed E-state index contributed by atoms with van der Waals surface area (Å²) in [6.07, 6.45) is -1.37. The lowest BCUT2D eigenvalue weighted by Gasteiger charge is -2.16. The summed E-state index contributed by atoms with van der Waals surface area (Å²) < 4.78 is 24.9. The topological polar surface area (TPSA) is 38.4 Å². The lowest BCUT2D eigenvalue weighted by Crippen LogP contribution is -2.42. The molecule has 1 heterocycles. The first kappa shape index (κ1) is 8.31. The Morgan fingerprint density at radius 2 is 2.00 bits per heavy atom. The van der Waals surface area contributed by atoms with Crippen molar-refractivity contribution in [2.45, 2.75) is 12.1 Å². The molecule has 0 bridgehead atoms. The molecule has 1 aromatic carbocycles. The predicted molar refractivity (Wildman–Crippen MR) is 44.6 cm³/mol. The van der Waals surface area contributed by atoms with E-state index in [0.29, 0.717) is 10.6 Å². The first-order valence-electron chi connectivity index (χ1n) is 3.87. The van der Waals surface area contributed by atoms with Crippen LogP contribution in [-0.4, -0.2) is 12.1 Å². The molecule has 2 rings (SSSR count). The Labute approximate surface area is 73.4 Å². The molecule has 0 radical (unpaired) electrons. The number of rotatable bonds is 1. The van der Waals surface area contributed by atoms with Crippen LogP contribution >= 0.6 is 0 Å². The lowest BCUT2D eigenvalue weighted by molar-refractivity contribution is 0.0910. The van der Waals surface area contributed by atoms with E-state index < -0.39 is 12.1 Å². The quantitative estimate of drug-likeness (QED) is 0.653. The Hall–Kier alpha value is -1.29. The van der Waals surface area contributed by atoms with Gasteiger partial charge in [-0.15, -0.1) is 0 Å². The molecule has 0 saturated carbocycles. The molecule has 0 amide bonds. The number of hydrogen-bond acceptors (Lipinski definition) is 2. The number of alkyl halides is 2. The summed E-state index contributed by atoms with van der Waals surface area (Å²) in [5.41, 5.74) is 3.55. The van der Waals surface area contributed by atoms with Crippen LogP contribution in [0, 0.1) is 0 Å². The Balaban J connectivity index is 2.63. The molecule has 2 N–H and O–H groups in total. The van der Waals surface area contributed by atoms with Crippen molar-refractivity contribution < 1.29 is 8.78 Å². The number of nitrogens with two attached hydrogens (primary N) is 1. The SMILES string of the molecule is NC1(C(F)F)C=c2ccccc2=N1. The van der Waals surface area contributed by atoms with E-state index in [1.807, 2.05) is 0 Å². The normalized spacial score (nSPS) is 25.2. The fraction of sp³-hybridized carbons (Fsp3) is 0.222. The summed E-state index contributed by atoms with van der Waals surface area (Å²) in [4.78, 5) is 3.76. The summed E-state index contributed by atoms with van der Waals surface area (Å²) in [6, 6.07) is 6.90. The van der Waals surface area contributed by atoms with Gasteiger partial charge in [-0.1, -0.05) is 18.2 Å². The molecular weight excluding hydrogens is 174 g/mol. The average molecular weight is 182 g/mol. The van der Waals surface area contributed by atoms with Gasteiger partial charge in [0.15, 0.2) is 5.66 Å². The number of hydrogen-bond donors (Lipinski definition) is 1. The molecule has 0 spiro atoms. The van der Waals surface area contributed by atoms with Crippen molar-refractivity contribution in [1.29, 1.82) is 0 Å². The van der Waals surface area contributed by atoms with Crippen LogP contribution in [0.25, 0.3) is 6.08 Å². The summed E-state index contributed by atoms with van der Waals surface area (Å²) >= 11 is 0. The van der Waals surface area contributed by atoms with Crippen molar-refractivity contribution in [3.05, 3.63) is 34.8 Å². The summed E-state index contributed by atoms with van der Waals surface area (Å²) in [5, 5.41) is 1.20. The standard InChI is InChI=1S/C9H8F2N2/c10-8(11)9(12)5-6-3-1-2-4-7(6)13-9/h1-5,8H,12H2. The van der Waals surface area contributed by atoms with E-state index in [9.17, 15) is 8.78 Å². The maximum Gasteiger partial charge on any atom is 0.279 e. The van der Waals surface area contributed by atoms with Gasteiger partial charge in [0.1, 0.15) is 0 Å². The summed E-state index contributed by atoms with van der Waals surface area (Å²) in [6.45, 7) is 0. The van der Waals surface area contributed by atoms with Gasteiger partial charge in [0.2, 0.25) is 0 Å². The van der Waals surface area contributed by atoms with Gasteiger partial charge >= 0.3 is 0 Å². The highest BCUT2D eigenvalue weighted by atomic mass is 19.3. The van der Waals surface area contributed by atoms with E-state index in [0.717, 1.165) is 0 Å². The van der Waals surface area contributed by atoms with E-state index in [4.69, 9.17) is 5.73 Å². The van der Waals surface area contributed by atoms with Crippen LogP contribution in [0.15, 0.2) is 29.3 Å². The van der Waals surface area contributed by atoms with Crippen molar-refractivity contribution in [2.24, 2.45) is 10.7 Å². The zero-order valence-electron chi connectivity index (χ0n) is 6.74. The summed E-state index contributed by atoms with van der Waals surface area (Å²) in [5.74, 6) is 0. The lowest BCUT2D eigenvalue weighted by atomic mass is 10.2. The van der Waals surface area contributed by atoms with Crippen molar-refractivity contribution in [3.63, 3.8) is 0 Å². The minimum atomic E-state index is -2.67. The van der Waals surface area contributed by atoms with Gasteiger partial charge in [0, 0.05) is 0 Å². The van der Waals surface area contributed by atoms with E-state index in [1.165, 1.54) is 6.08 Å². The maximum absolute atomic E-state index is 12.4. The number of para-hydroxylation sites is 1. The van der Waals surface area contributed by atoms with Crippen LogP contribution in [0.4, 0.5) is 8.78 Å². The van der Waals surface area contributed by atoms with Gasteiger partial charge in [-0.05, 0) is 17.4 Å². The first-order chi connectivity index (χ1) is 6.12. The van der Waals surface area contributed by atoms with Crippen LogP contribution in [0.3, 0.4) is 0 Å². The van der Waals surface area contributed by atoms with E-state index in [-0.39, 0.29) is 0 Å². The molecule has 1 aliphatic heterocycles. The molecule has 1 atom stereocenters. The molecule has 13 heavy (non-hydrogen) atoms. The van der Waals surface area contributed by atoms with Crippen LogP contribution in [-0.2, 0) is 0 Å². The van der Waals surface area contributed by atoms with Crippen LogP contribution in [0.1, 0.15) is 0 Å². The summed E-state index contributed by atoms with van der Waals surface area (Å²) in [7, 11) is 0. The molecule has 0 fully saturated rings. The van der Waals surface area contributed by atoms with Crippen LogP contribution in [0.2, 0.25) is 0 Å².